The van der Waals surface area contributed by atoms with Crippen molar-refractivity contribution in [1.82, 2.24) is 0 Å². The molecule has 1 aliphatic rings. The van der Waals surface area contributed by atoms with E-state index in [4.69, 9.17) is 28.4 Å². The fourth-order valence-corrected chi connectivity index (χ4v) is 4.42. The van der Waals surface area contributed by atoms with Crippen LogP contribution >= 0.6 is 0 Å². The highest BCUT2D eigenvalue weighted by molar-refractivity contribution is 5.58. The average Bonchev–Trinajstić information content (AvgIpc) is 3.17. The first-order valence-electron chi connectivity index (χ1n) is 9.81. The quantitative estimate of drug-likeness (QED) is 0.700. The van der Waals surface area contributed by atoms with Crippen molar-refractivity contribution in [3.05, 3.63) is 35.4 Å². The van der Waals surface area contributed by atoms with Crippen molar-refractivity contribution in [2.24, 2.45) is 0 Å². The fourth-order valence-electron chi connectivity index (χ4n) is 4.42. The number of methoxy groups -OCH3 is 6. The smallest absolute Gasteiger partial charge is 0.203 e. The van der Waals surface area contributed by atoms with Crippen LogP contribution in [0.1, 0.15) is 35.8 Å². The van der Waals surface area contributed by atoms with E-state index in [2.05, 4.69) is 0 Å². The van der Waals surface area contributed by atoms with Crippen molar-refractivity contribution < 1.29 is 33.5 Å². The highest BCUT2D eigenvalue weighted by atomic mass is 16.5. The van der Waals surface area contributed by atoms with E-state index in [0.717, 1.165) is 24.0 Å². The minimum atomic E-state index is -0.611. The lowest BCUT2D eigenvalue weighted by Crippen LogP contribution is -2.19. The molecular weight excluding hydrogens is 388 g/mol. The van der Waals surface area contributed by atoms with E-state index in [9.17, 15) is 5.11 Å². The lowest BCUT2D eigenvalue weighted by atomic mass is 9.89. The SMILES string of the molecule is COc1cc([C@H]2CC[C@@H](c3ccc(OC)c(OC)c3OC)[C@@H]2O)cc(OC)c1OC. The van der Waals surface area contributed by atoms with Gasteiger partial charge in [0.1, 0.15) is 0 Å². The van der Waals surface area contributed by atoms with Gasteiger partial charge in [-0.2, -0.15) is 0 Å². The summed E-state index contributed by atoms with van der Waals surface area (Å²) in [4.78, 5) is 0. The van der Waals surface area contributed by atoms with Gasteiger partial charge in [0.15, 0.2) is 23.0 Å². The van der Waals surface area contributed by atoms with E-state index in [1.807, 2.05) is 24.3 Å². The minimum Gasteiger partial charge on any atom is -0.493 e. The molecule has 7 nitrogen and oxygen atoms in total. The molecule has 0 amide bonds. The maximum absolute atomic E-state index is 11.3. The van der Waals surface area contributed by atoms with Crippen LogP contribution in [0.3, 0.4) is 0 Å². The molecule has 1 aliphatic carbocycles. The average molecular weight is 418 g/mol. The summed E-state index contributed by atoms with van der Waals surface area (Å²) in [6.07, 6.45) is 0.996. The van der Waals surface area contributed by atoms with E-state index in [0.29, 0.717) is 34.5 Å². The number of rotatable bonds is 8. The second kappa shape index (κ2) is 9.34. The number of aliphatic hydroxyl groups is 1. The first kappa shape index (κ1) is 21.9. The zero-order valence-electron chi connectivity index (χ0n) is 18.4. The molecule has 0 unspecified atom stereocenters. The molecule has 7 heteroatoms. The molecule has 0 saturated heterocycles. The zero-order chi connectivity index (χ0) is 21.8. The molecule has 0 bridgehead atoms. The van der Waals surface area contributed by atoms with Gasteiger partial charge >= 0.3 is 0 Å². The summed E-state index contributed by atoms with van der Waals surface area (Å²) >= 11 is 0. The van der Waals surface area contributed by atoms with Gasteiger partial charge in [-0.1, -0.05) is 6.07 Å². The summed E-state index contributed by atoms with van der Waals surface area (Å²) in [6, 6.07) is 7.59. The Hall–Kier alpha value is -2.80. The molecule has 2 aromatic carbocycles. The van der Waals surface area contributed by atoms with Crippen LogP contribution in [0.15, 0.2) is 24.3 Å². The number of benzene rings is 2. The minimum absolute atomic E-state index is 0.0819. The molecule has 0 heterocycles. The van der Waals surface area contributed by atoms with Crippen molar-refractivity contribution in [3.8, 4) is 34.5 Å². The van der Waals surface area contributed by atoms with E-state index < -0.39 is 6.10 Å². The highest BCUT2D eigenvalue weighted by Crippen LogP contribution is 2.51. The third-order valence-electron chi connectivity index (χ3n) is 5.86. The Morgan fingerprint density at radius 1 is 0.633 bits per heavy atom. The molecule has 2 aromatic rings. The van der Waals surface area contributed by atoms with E-state index in [1.165, 1.54) is 0 Å². The standard InChI is InChI=1S/C23H30O7/c1-25-17-10-9-16(21(28-4)23(17)30-6)15-8-7-14(20(15)24)13-11-18(26-2)22(29-5)19(12-13)27-3/h9-12,14-15,20,24H,7-8H2,1-6H3/t14-,15+,20-/m1/s1. The van der Waals surface area contributed by atoms with Gasteiger partial charge in [-0.15, -0.1) is 0 Å². The van der Waals surface area contributed by atoms with Crippen LogP contribution in [0.5, 0.6) is 34.5 Å². The molecule has 3 rings (SSSR count). The van der Waals surface area contributed by atoms with Gasteiger partial charge in [-0.05, 0) is 36.6 Å². The lowest BCUT2D eigenvalue weighted by Gasteiger charge is -2.24. The maximum Gasteiger partial charge on any atom is 0.203 e. The van der Waals surface area contributed by atoms with Crippen LogP contribution in [-0.2, 0) is 0 Å². The second-order valence-corrected chi connectivity index (χ2v) is 7.16. The van der Waals surface area contributed by atoms with Crippen LogP contribution in [0.25, 0.3) is 0 Å². The van der Waals surface area contributed by atoms with Gasteiger partial charge in [0.2, 0.25) is 11.5 Å². The maximum atomic E-state index is 11.3. The van der Waals surface area contributed by atoms with Crippen molar-refractivity contribution in [2.75, 3.05) is 42.7 Å². The Morgan fingerprint density at radius 2 is 1.17 bits per heavy atom. The first-order chi connectivity index (χ1) is 14.5. The van der Waals surface area contributed by atoms with Crippen LogP contribution in [0.2, 0.25) is 0 Å². The summed E-state index contributed by atoms with van der Waals surface area (Å²) in [6.45, 7) is 0. The van der Waals surface area contributed by atoms with Gasteiger partial charge in [0.25, 0.3) is 0 Å². The monoisotopic (exact) mass is 418 g/mol. The van der Waals surface area contributed by atoms with Gasteiger partial charge in [-0.25, -0.2) is 0 Å². The summed E-state index contributed by atoms with van der Waals surface area (Å²) in [7, 11) is 9.51. The molecule has 1 N–H and O–H groups in total. The van der Waals surface area contributed by atoms with Gasteiger partial charge < -0.3 is 33.5 Å². The van der Waals surface area contributed by atoms with Gasteiger partial charge in [0, 0.05) is 17.4 Å². The van der Waals surface area contributed by atoms with Crippen LogP contribution in [-0.4, -0.2) is 53.9 Å². The van der Waals surface area contributed by atoms with Crippen molar-refractivity contribution in [1.29, 1.82) is 0 Å². The van der Waals surface area contributed by atoms with E-state index in [1.54, 1.807) is 42.7 Å². The number of ether oxygens (including phenoxy) is 6. The Kier molecular flexibility index (Phi) is 6.82. The van der Waals surface area contributed by atoms with Crippen molar-refractivity contribution in [3.63, 3.8) is 0 Å². The number of hydrogen-bond acceptors (Lipinski definition) is 7. The molecule has 164 valence electrons. The molecule has 0 aromatic heterocycles. The van der Waals surface area contributed by atoms with Crippen molar-refractivity contribution in [2.45, 2.75) is 30.8 Å². The summed E-state index contributed by atoms with van der Waals surface area (Å²) in [5.41, 5.74) is 1.84. The predicted octanol–water partition coefficient (Wildman–Crippen LogP) is 3.76. The van der Waals surface area contributed by atoms with Gasteiger partial charge in [-0.3, -0.25) is 0 Å². The van der Waals surface area contributed by atoms with E-state index in [-0.39, 0.29) is 11.8 Å². The Balaban J connectivity index is 1.99. The fraction of sp³-hybridized carbons (Fsp3) is 0.478. The molecule has 0 spiro atoms. The highest BCUT2D eigenvalue weighted by Gasteiger charge is 2.39. The van der Waals surface area contributed by atoms with E-state index >= 15 is 0 Å². The number of aliphatic hydroxyl groups excluding tert-OH is 1. The molecule has 1 fully saturated rings. The predicted molar refractivity (Wildman–Crippen MR) is 113 cm³/mol. The summed E-state index contributed by atoms with van der Waals surface area (Å²) in [5.74, 6) is 3.20. The molecule has 0 aliphatic heterocycles. The normalized spacial score (nSPS) is 20.6. The first-order valence-corrected chi connectivity index (χ1v) is 9.81. The van der Waals surface area contributed by atoms with Crippen LogP contribution < -0.4 is 28.4 Å². The third-order valence-corrected chi connectivity index (χ3v) is 5.86. The Labute approximate surface area is 177 Å². The molecule has 3 atom stereocenters. The second-order valence-electron chi connectivity index (χ2n) is 7.16. The largest absolute Gasteiger partial charge is 0.493 e. The van der Waals surface area contributed by atoms with Gasteiger partial charge in [0.05, 0.1) is 48.8 Å². The van der Waals surface area contributed by atoms with Crippen molar-refractivity contribution >= 4 is 0 Å². The zero-order valence-corrected chi connectivity index (χ0v) is 18.4. The summed E-state index contributed by atoms with van der Waals surface area (Å²) in [5, 5.41) is 11.3. The molecule has 1 saturated carbocycles. The molecular formula is C23H30O7. The number of hydrogen-bond donors (Lipinski definition) is 1. The van der Waals surface area contributed by atoms with Crippen LogP contribution in [0.4, 0.5) is 0 Å². The van der Waals surface area contributed by atoms with Crippen LogP contribution in [0, 0.1) is 0 Å². The summed E-state index contributed by atoms with van der Waals surface area (Å²) < 4.78 is 32.9. The Bertz CT molecular complexity index is 855. The molecule has 30 heavy (non-hydrogen) atoms. The Morgan fingerprint density at radius 3 is 1.67 bits per heavy atom. The molecule has 0 radical (unpaired) electrons. The topological polar surface area (TPSA) is 75.6 Å². The lowest BCUT2D eigenvalue weighted by molar-refractivity contribution is 0.144. The third kappa shape index (κ3) is 3.69.